The Morgan fingerprint density at radius 3 is 2.55 bits per heavy atom. The van der Waals surface area contributed by atoms with Crippen molar-refractivity contribution < 1.29 is 9.21 Å². The van der Waals surface area contributed by atoms with Crippen LogP contribution in [0.1, 0.15) is 23.6 Å². The Kier molecular flexibility index (Phi) is 4.70. The number of carbonyl (C=O) groups is 1. The molecule has 6 nitrogen and oxygen atoms in total. The Morgan fingerprint density at radius 2 is 1.79 bits per heavy atom. The van der Waals surface area contributed by atoms with Gasteiger partial charge in [-0.3, -0.25) is 9.48 Å². The topological polar surface area (TPSA) is 68.3 Å². The van der Waals surface area contributed by atoms with Crippen LogP contribution in [0, 0.1) is 20.8 Å². The first-order chi connectivity index (χ1) is 13.9. The van der Waals surface area contributed by atoms with E-state index in [1.165, 1.54) is 6.20 Å². The highest BCUT2D eigenvalue weighted by Gasteiger charge is 2.20. The summed E-state index contributed by atoms with van der Waals surface area (Å²) in [5, 5.41) is 5.49. The van der Waals surface area contributed by atoms with Crippen LogP contribution in [0.3, 0.4) is 0 Å². The lowest BCUT2D eigenvalue weighted by Gasteiger charge is -2.23. The summed E-state index contributed by atoms with van der Waals surface area (Å²) in [6.45, 7) is 8.52. The second-order valence-corrected chi connectivity index (χ2v) is 7.38. The van der Waals surface area contributed by atoms with Crippen molar-refractivity contribution in [3.8, 4) is 0 Å². The second-order valence-electron chi connectivity index (χ2n) is 7.38. The van der Waals surface area contributed by atoms with Crippen LogP contribution < -0.4 is 10.5 Å². The standard InChI is InChI=1S/C23H23N3O3/c1-5-25(19-11-15(3)6-8-16(19)4)21(27)13-26-22-17-10-14(2)7-9-20(17)29-23(28)18(22)12-24-26/h6-12H,5,13H2,1-4H3. The molecule has 0 aliphatic heterocycles. The maximum absolute atomic E-state index is 13.2. The Morgan fingerprint density at radius 1 is 1.07 bits per heavy atom. The average Bonchev–Trinajstić information content (AvgIpc) is 3.10. The fraction of sp³-hybridized carbons (Fsp3) is 0.261. The fourth-order valence-corrected chi connectivity index (χ4v) is 3.72. The van der Waals surface area contributed by atoms with Crippen molar-refractivity contribution in [1.29, 1.82) is 0 Å². The molecule has 0 saturated carbocycles. The zero-order valence-electron chi connectivity index (χ0n) is 17.0. The molecule has 6 heteroatoms. The van der Waals surface area contributed by atoms with E-state index in [1.807, 2.05) is 58.0 Å². The number of rotatable bonds is 4. The molecular weight excluding hydrogens is 366 g/mol. The Balaban J connectivity index is 1.80. The monoisotopic (exact) mass is 389 g/mol. The van der Waals surface area contributed by atoms with Gasteiger partial charge in [0.25, 0.3) is 0 Å². The largest absolute Gasteiger partial charge is 0.422 e. The van der Waals surface area contributed by atoms with Gasteiger partial charge in [-0.05, 0) is 57.0 Å². The van der Waals surface area contributed by atoms with E-state index in [2.05, 4.69) is 5.10 Å². The third kappa shape index (κ3) is 3.31. The molecule has 0 bridgehead atoms. The van der Waals surface area contributed by atoms with Gasteiger partial charge in [-0.25, -0.2) is 4.79 Å². The lowest BCUT2D eigenvalue weighted by molar-refractivity contribution is -0.119. The molecule has 0 aliphatic rings. The lowest BCUT2D eigenvalue weighted by Crippen LogP contribution is -2.34. The maximum atomic E-state index is 13.2. The normalized spacial score (nSPS) is 11.3. The van der Waals surface area contributed by atoms with Crippen molar-refractivity contribution in [2.45, 2.75) is 34.2 Å². The van der Waals surface area contributed by atoms with Gasteiger partial charge in [-0.1, -0.05) is 23.8 Å². The van der Waals surface area contributed by atoms with Crippen LogP contribution in [0.2, 0.25) is 0 Å². The van der Waals surface area contributed by atoms with Gasteiger partial charge >= 0.3 is 5.63 Å². The predicted octanol–water partition coefficient (Wildman–Crippen LogP) is 4.12. The van der Waals surface area contributed by atoms with Crippen molar-refractivity contribution in [2.24, 2.45) is 0 Å². The van der Waals surface area contributed by atoms with Crippen molar-refractivity contribution in [1.82, 2.24) is 9.78 Å². The van der Waals surface area contributed by atoms with Gasteiger partial charge in [-0.2, -0.15) is 5.10 Å². The summed E-state index contributed by atoms with van der Waals surface area (Å²) in [5.74, 6) is -0.0831. The van der Waals surface area contributed by atoms with Crippen LogP contribution in [0.25, 0.3) is 21.9 Å². The number of amides is 1. The number of anilines is 1. The van der Waals surface area contributed by atoms with Gasteiger partial charge in [0.1, 0.15) is 17.5 Å². The summed E-state index contributed by atoms with van der Waals surface area (Å²) in [6, 6.07) is 11.7. The van der Waals surface area contributed by atoms with Gasteiger partial charge < -0.3 is 9.32 Å². The summed E-state index contributed by atoms with van der Waals surface area (Å²) >= 11 is 0. The minimum Gasteiger partial charge on any atom is -0.422 e. The first-order valence-electron chi connectivity index (χ1n) is 9.65. The van der Waals surface area contributed by atoms with Crippen molar-refractivity contribution in [3.05, 3.63) is 69.7 Å². The lowest BCUT2D eigenvalue weighted by atomic mass is 10.1. The number of carbonyl (C=O) groups excluding carboxylic acids is 1. The van der Waals surface area contributed by atoms with Gasteiger partial charge in [-0.15, -0.1) is 0 Å². The smallest absolute Gasteiger partial charge is 0.347 e. The van der Waals surface area contributed by atoms with Gasteiger partial charge in [0.2, 0.25) is 5.91 Å². The molecule has 4 rings (SSSR count). The number of hydrogen-bond acceptors (Lipinski definition) is 4. The molecule has 2 aromatic heterocycles. The SMILES string of the molecule is CCN(C(=O)Cn1ncc2c(=O)oc3ccc(C)cc3c21)c1cc(C)ccc1C. The number of benzene rings is 2. The zero-order valence-corrected chi connectivity index (χ0v) is 17.0. The van der Waals surface area contributed by atoms with E-state index in [0.717, 1.165) is 27.8 Å². The molecular formula is C23H23N3O3. The summed E-state index contributed by atoms with van der Waals surface area (Å²) in [5.41, 5.74) is 4.75. The van der Waals surface area contributed by atoms with Gasteiger partial charge in [0, 0.05) is 17.6 Å². The molecule has 0 saturated heterocycles. The number of nitrogens with zero attached hydrogens (tertiary/aromatic N) is 3. The first kappa shape index (κ1) is 18.9. The summed E-state index contributed by atoms with van der Waals surface area (Å²) in [6.07, 6.45) is 1.48. The Labute approximate surface area is 168 Å². The molecule has 0 spiro atoms. The van der Waals surface area contributed by atoms with Gasteiger partial charge in [0.15, 0.2) is 0 Å². The average molecular weight is 389 g/mol. The predicted molar refractivity (Wildman–Crippen MR) is 114 cm³/mol. The Bertz CT molecular complexity index is 1300. The van der Waals surface area contributed by atoms with E-state index >= 15 is 0 Å². The molecule has 2 heterocycles. The zero-order chi connectivity index (χ0) is 20.7. The van der Waals surface area contributed by atoms with Crippen LogP contribution in [0.5, 0.6) is 0 Å². The summed E-state index contributed by atoms with van der Waals surface area (Å²) < 4.78 is 7.01. The van der Waals surface area contributed by atoms with Crippen LogP contribution in [0.4, 0.5) is 5.69 Å². The van der Waals surface area contributed by atoms with Crippen LogP contribution >= 0.6 is 0 Å². The molecule has 2 aromatic carbocycles. The third-order valence-corrected chi connectivity index (χ3v) is 5.21. The molecule has 0 radical (unpaired) electrons. The van der Waals surface area contributed by atoms with E-state index in [4.69, 9.17) is 4.42 Å². The summed E-state index contributed by atoms with van der Waals surface area (Å²) in [4.78, 5) is 27.3. The van der Waals surface area contributed by atoms with Crippen molar-refractivity contribution in [2.75, 3.05) is 11.4 Å². The van der Waals surface area contributed by atoms with E-state index < -0.39 is 5.63 Å². The number of aromatic nitrogens is 2. The molecule has 1 amide bonds. The van der Waals surface area contributed by atoms with Gasteiger partial charge in [0.05, 0.1) is 11.7 Å². The number of hydrogen-bond donors (Lipinski definition) is 0. The summed E-state index contributed by atoms with van der Waals surface area (Å²) in [7, 11) is 0. The van der Waals surface area contributed by atoms with Crippen LogP contribution in [0.15, 0.2) is 51.8 Å². The first-order valence-corrected chi connectivity index (χ1v) is 9.65. The highest BCUT2D eigenvalue weighted by Crippen LogP contribution is 2.25. The molecule has 0 N–H and O–H groups in total. The molecule has 4 aromatic rings. The van der Waals surface area contributed by atoms with Crippen molar-refractivity contribution >= 4 is 33.5 Å². The number of aryl methyl sites for hydroxylation is 3. The molecule has 0 unspecified atom stereocenters. The molecule has 0 fully saturated rings. The van der Waals surface area contributed by atoms with Crippen molar-refractivity contribution in [3.63, 3.8) is 0 Å². The highest BCUT2D eigenvalue weighted by atomic mass is 16.4. The highest BCUT2D eigenvalue weighted by molar-refractivity contribution is 6.03. The minimum atomic E-state index is -0.447. The van der Waals surface area contributed by atoms with E-state index in [9.17, 15) is 9.59 Å². The fourth-order valence-electron chi connectivity index (χ4n) is 3.72. The number of fused-ring (bicyclic) bond motifs is 3. The Hall–Kier alpha value is -3.41. The second kappa shape index (κ2) is 7.20. The van der Waals surface area contributed by atoms with E-state index in [-0.39, 0.29) is 12.5 Å². The van der Waals surface area contributed by atoms with Crippen LogP contribution in [-0.4, -0.2) is 22.2 Å². The van der Waals surface area contributed by atoms with E-state index in [0.29, 0.717) is 23.0 Å². The maximum Gasteiger partial charge on any atom is 0.347 e. The molecule has 0 atom stereocenters. The minimum absolute atomic E-state index is 0.0389. The van der Waals surface area contributed by atoms with E-state index in [1.54, 1.807) is 15.6 Å². The third-order valence-electron chi connectivity index (χ3n) is 5.21. The molecule has 29 heavy (non-hydrogen) atoms. The van der Waals surface area contributed by atoms with Crippen LogP contribution in [-0.2, 0) is 11.3 Å². The number of likely N-dealkylation sites (N-methyl/N-ethyl adjacent to an activating group) is 1. The molecule has 0 aliphatic carbocycles. The quantitative estimate of drug-likeness (QED) is 0.492. The molecule has 148 valence electrons.